The first-order chi connectivity index (χ1) is 10.2. The molecule has 2 aromatic heterocycles. The van der Waals surface area contributed by atoms with Crippen molar-refractivity contribution >= 4 is 11.9 Å². The van der Waals surface area contributed by atoms with E-state index in [0.717, 1.165) is 19.3 Å². The van der Waals surface area contributed by atoms with Crippen LogP contribution in [0.3, 0.4) is 0 Å². The normalized spacial score (nSPS) is 11.4. The van der Waals surface area contributed by atoms with Gasteiger partial charge in [-0.3, -0.25) is 5.43 Å². The maximum Gasteiger partial charge on any atom is 0.257 e. The Bertz CT molecular complexity index is 553. The van der Waals surface area contributed by atoms with E-state index >= 15 is 0 Å². The SMILES string of the molecule is CCC(CC)(CC)Nc1nc(NN)nc(-n2cccn2)n1. The quantitative estimate of drug-likeness (QED) is 0.526. The Kier molecular flexibility index (Phi) is 4.69. The summed E-state index contributed by atoms with van der Waals surface area (Å²) in [5, 5.41) is 7.55. The van der Waals surface area contributed by atoms with Crippen molar-refractivity contribution in [3.8, 4) is 5.95 Å². The van der Waals surface area contributed by atoms with Gasteiger partial charge < -0.3 is 5.32 Å². The first-order valence-electron chi connectivity index (χ1n) is 7.17. The summed E-state index contributed by atoms with van der Waals surface area (Å²) >= 11 is 0. The molecule has 21 heavy (non-hydrogen) atoms. The molecule has 0 saturated carbocycles. The minimum Gasteiger partial charge on any atom is -0.349 e. The van der Waals surface area contributed by atoms with Gasteiger partial charge in [0, 0.05) is 17.9 Å². The highest BCUT2D eigenvalue weighted by molar-refractivity contribution is 5.39. The molecule has 0 radical (unpaired) electrons. The summed E-state index contributed by atoms with van der Waals surface area (Å²) in [5.74, 6) is 6.66. The van der Waals surface area contributed by atoms with Crippen molar-refractivity contribution in [3.63, 3.8) is 0 Å². The average Bonchev–Trinajstić information content (AvgIpc) is 3.07. The van der Waals surface area contributed by atoms with E-state index in [1.165, 1.54) is 0 Å². The van der Waals surface area contributed by atoms with Crippen molar-refractivity contribution in [2.24, 2.45) is 5.84 Å². The molecular formula is C13H22N8. The third kappa shape index (κ3) is 3.27. The van der Waals surface area contributed by atoms with Crippen LogP contribution in [-0.4, -0.2) is 30.3 Å². The van der Waals surface area contributed by atoms with Crippen molar-refractivity contribution in [2.45, 2.75) is 45.6 Å². The summed E-state index contributed by atoms with van der Waals surface area (Å²) in [6, 6.07) is 1.81. The van der Waals surface area contributed by atoms with Crippen LogP contribution in [0.1, 0.15) is 40.0 Å². The number of rotatable bonds is 7. The highest BCUT2D eigenvalue weighted by Crippen LogP contribution is 2.24. The standard InChI is InChI=1S/C13H22N8/c1-4-13(5-2,6-3)19-10-16-11(20-14)18-12(17-10)21-9-7-8-15-21/h7-9H,4-6,14H2,1-3H3,(H2,16,17,18,19,20). The lowest BCUT2D eigenvalue weighted by Crippen LogP contribution is -2.37. The third-order valence-corrected chi connectivity index (χ3v) is 3.87. The predicted molar refractivity (Wildman–Crippen MR) is 82.0 cm³/mol. The fraction of sp³-hybridized carbons (Fsp3) is 0.538. The Morgan fingerprint density at radius 3 is 2.29 bits per heavy atom. The second-order valence-corrected chi connectivity index (χ2v) is 4.84. The van der Waals surface area contributed by atoms with Gasteiger partial charge in [-0.1, -0.05) is 20.8 Å². The Morgan fingerprint density at radius 2 is 1.76 bits per heavy atom. The van der Waals surface area contributed by atoms with Gasteiger partial charge in [0.15, 0.2) is 0 Å². The molecule has 4 N–H and O–H groups in total. The van der Waals surface area contributed by atoms with Crippen molar-refractivity contribution in [1.29, 1.82) is 0 Å². The molecule has 0 aliphatic rings. The lowest BCUT2D eigenvalue weighted by atomic mass is 9.90. The van der Waals surface area contributed by atoms with Gasteiger partial charge >= 0.3 is 0 Å². The van der Waals surface area contributed by atoms with Crippen LogP contribution in [0.4, 0.5) is 11.9 Å². The van der Waals surface area contributed by atoms with Gasteiger partial charge in [0.25, 0.3) is 5.95 Å². The zero-order valence-corrected chi connectivity index (χ0v) is 12.7. The first kappa shape index (κ1) is 15.2. The second-order valence-electron chi connectivity index (χ2n) is 4.84. The average molecular weight is 290 g/mol. The van der Waals surface area contributed by atoms with Gasteiger partial charge in [0.2, 0.25) is 11.9 Å². The van der Waals surface area contributed by atoms with Crippen molar-refractivity contribution in [1.82, 2.24) is 24.7 Å². The number of nitrogens with zero attached hydrogens (tertiary/aromatic N) is 5. The number of aromatic nitrogens is 5. The molecule has 0 aliphatic heterocycles. The van der Waals surface area contributed by atoms with E-state index in [4.69, 9.17) is 5.84 Å². The van der Waals surface area contributed by atoms with E-state index in [0.29, 0.717) is 17.8 Å². The van der Waals surface area contributed by atoms with Crippen molar-refractivity contribution in [2.75, 3.05) is 10.7 Å². The van der Waals surface area contributed by atoms with Gasteiger partial charge in [-0.25, -0.2) is 10.5 Å². The molecule has 0 bridgehead atoms. The van der Waals surface area contributed by atoms with Crippen molar-refractivity contribution < 1.29 is 0 Å². The minimum atomic E-state index is -0.0331. The number of nitrogen functional groups attached to an aromatic ring is 1. The zero-order chi connectivity index (χ0) is 15.3. The summed E-state index contributed by atoms with van der Waals surface area (Å²) in [5.41, 5.74) is 2.43. The number of anilines is 2. The smallest absolute Gasteiger partial charge is 0.257 e. The molecule has 2 heterocycles. The summed E-state index contributed by atoms with van der Waals surface area (Å²) in [6.07, 6.45) is 6.38. The predicted octanol–water partition coefficient (Wildman–Crippen LogP) is 1.72. The van der Waals surface area contributed by atoms with E-state index in [2.05, 4.69) is 51.6 Å². The van der Waals surface area contributed by atoms with Crippen LogP contribution in [0.2, 0.25) is 0 Å². The van der Waals surface area contributed by atoms with Crippen LogP contribution >= 0.6 is 0 Å². The Hall–Kier alpha value is -2.22. The molecule has 0 aromatic carbocycles. The van der Waals surface area contributed by atoms with Crippen LogP contribution < -0.4 is 16.6 Å². The van der Waals surface area contributed by atoms with Gasteiger partial charge in [0.05, 0.1) is 0 Å². The molecule has 114 valence electrons. The lowest BCUT2D eigenvalue weighted by Gasteiger charge is -2.31. The van der Waals surface area contributed by atoms with Gasteiger partial charge in [0.1, 0.15) is 0 Å². The Morgan fingerprint density at radius 1 is 1.10 bits per heavy atom. The number of nitrogens with one attached hydrogen (secondary N) is 2. The number of hydrogen-bond acceptors (Lipinski definition) is 7. The highest BCUT2D eigenvalue weighted by Gasteiger charge is 2.25. The summed E-state index contributed by atoms with van der Waals surface area (Å²) < 4.78 is 1.57. The number of hydrazine groups is 1. The molecule has 0 amide bonds. The van der Waals surface area contributed by atoms with Crippen molar-refractivity contribution in [3.05, 3.63) is 18.5 Å². The molecule has 2 rings (SSSR count). The highest BCUT2D eigenvalue weighted by atomic mass is 15.4. The van der Waals surface area contributed by atoms with Gasteiger partial charge in [-0.15, -0.1) is 0 Å². The molecule has 0 fully saturated rings. The van der Waals surface area contributed by atoms with Crippen LogP contribution in [0, 0.1) is 0 Å². The lowest BCUT2D eigenvalue weighted by molar-refractivity contribution is 0.417. The van der Waals surface area contributed by atoms with Crippen LogP contribution in [-0.2, 0) is 0 Å². The molecule has 8 nitrogen and oxygen atoms in total. The largest absolute Gasteiger partial charge is 0.349 e. The summed E-state index contributed by atoms with van der Waals surface area (Å²) in [7, 11) is 0. The summed E-state index contributed by atoms with van der Waals surface area (Å²) in [6.45, 7) is 6.45. The maximum absolute atomic E-state index is 5.44. The Balaban J connectivity index is 2.37. The number of hydrogen-bond donors (Lipinski definition) is 3. The second kappa shape index (κ2) is 6.49. The van der Waals surface area contributed by atoms with E-state index in [-0.39, 0.29) is 5.54 Å². The zero-order valence-electron chi connectivity index (χ0n) is 12.7. The third-order valence-electron chi connectivity index (χ3n) is 3.87. The summed E-state index contributed by atoms with van der Waals surface area (Å²) in [4.78, 5) is 12.9. The fourth-order valence-electron chi connectivity index (χ4n) is 2.23. The van der Waals surface area contributed by atoms with E-state index < -0.39 is 0 Å². The van der Waals surface area contributed by atoms with E-state index in [9.17, 15) is 0 Å². The van der Waals surface area contributed by atoms with Gasteiger partial charge in [-0.2, -0.15) is 20.1 Å². The molecule has 0 spiro atoms. The fourth-order valence-corrected chi connectivity index (χ4v) is 2.23. The molecule has 8 heteroatoms. The van der Waals surface area contributed by atoms with Gasteiger partial charge in [-0.05, 0) is 25.3 Å². The molecule has 0 unspecified atom stereocenters. The topological polar surface area (TPSA) is 107 Å². The molecule has 0 saturated heterocycles. The number of nitrogens with two attached hydrogens (primary N) is 1. The van der Waals surface area contributed by atoms with E-state index in [1.54, 1.807) is 23.1 Å². The Labute approximate surface area is 124 Å². The maximum atomic E-state index is 5.44. The van der Waals surface area contributed by atoms with Crippen LogP contribution in [0.25, 0.3) is 5.95 Å². The molecule has 0 atom stereocenters. The first-order valence-corrected chi connectivity index (χ1v) is 7.17. The van der Waals surface area contributed by atoms with E-state index in [1.807, 2.05) is 0 Å². The van der Waals surface area contributed by atoms with Crippen LogP contribution in [0.5, 0.6) is 0 Å². The molecule has 0 aliphatic carbocycles. The molecular weight excluding hydrogens is 268 g/mol. The van der Waals surface area contributed by atoms with Crippen LogP contribution in [0.15, 0.2) is 18.5 Å². The minimum absolute atomic E-state index is 0.0331. The molecule has 2 aromatic rings. The monoisotopic (exact) mass is 290 g/mol.